The molecule has 122 valence electrons. The van der Waals surface area contributed by atoms with Crippen molar-refractivity contribution in [2.24, 2.45) is 0 Å². The lowest BCUT2D eigenvalue weighted by molar-refractivity contribution is -0.122. The average molecular weight is 396 g/mol. The van der Waals surface area contributed by atoms with E-state index in [0.29, 0.717) is 16.8 Å². The Morgan fingerprint density at radius 2 is 1.64 bits per heavy atom. The van der Waals surface area contributed by atoms with Crippen LogP contribution in [0.3, 0.4) is 0 Å². The first-order valence-corrected chi connectivity index (χ1v) is 7.96. The summed E-state index contributed by atoms with van der Waals surface area (Å²) in [5, 5.41) is 11.0. The molecule has 0 radical (unpaired) electrons. The molecule has 1 aliphatic heterocycles. The molecule has 0 aliphatic carbocycles. The number of benzene rings is 2. The van der Waals surface area contributed by atoms with Crippen molar-refractivity contribution in [1.82, 2.24) is 5.32 Å². The second kappa shape index (κ2) is 6.71. The molecular weight excluding hydrogens is 386 g/mol. The number of anilines is 1. The van der Waals surface area contributed by atoms with Crippen molar-refractivity contribution in [1.29, 1.82) is 5.26 Å². The molecular formula is C18H10BrN3O3. The van der Waals surface area contributed by atoms with Gasteiger partial charge in [0.1, 0.15) is 5.57 Å². The molecule has 3 rings (SSSR count). The molecule has 1 saturated heterocycles. The molecule has 4 amide bonds. The number of imide groups is 2. The Bertz CT molecular complexity index is 941. The molecule has 7 heteroatoms. The predicted molar refractivity (Wildman–Crippen MR) is 94.3 cm³/mol. The number of carbonyl (C=O) groups is 3. The van der Waals surface area contributed by atoms with Crippen molar-refractivity contribution in [2.75, 3.05) is 4.90 Å². The monoisotopic (exact) mass is 395 g/mol. The van der Waals surface area contributed by atoms with E-state index in [4.69, 9.17) is 5.26 Å². The van der Waals surface area contributed by atoms with Crippen molar-refractivity contribution in [2.45, 2.75) is 0 Å². The number of rotatable bonds is 2. The molecule has 0 aromatic heterocycles. The Hall–Kier alpha value is -3.24. The van der Waals surface area contributed by atoms with E-state index in [1.165, 1.54) is 6.08 Å². The third-order valence-corrected chi connectivity index (χ3v) is 4.07. The van der Waals surface area contributed by atoms with E-state index < -0.39 is 17.8 Å². The number of nitrogens with one attached hydrogen (secondary N) is 1. The summed E-state index contributed by atoms with van der Waals surface area (Å²) in [5.74, 6) is -1.46. The van der Waals surface area contributed by atoms with Gasteiger partial charge >= 0.3 is 6.03 Å². The molecule has 1 heterocycles. The summed E-state index contributed by atoms with van der Waals surface area (Å²) in [6.45, 7) is 0. The van der Waals surface area contributed by atoms with Gasteiger partial charge in [0, 0.05) is 4.47 Å². The molecule has 0 spiro atoms. The lowest BCUT2D eigenvalue weighted by Crippen LogP contribution is -2.54. The third-order valence-electron chi connectivity index (χ3n) is 3.54. The fourth-order valence-corrected chi connectivity index (χ4v) is 2.57. The first-order chi connectivity index (χ1) is 12.0. The number of amides is 4. The van der Waals surface area contributed by atoms with Crippen LogP contribution in [0.15, 0.2) is 58.6 Å². The van der Waals surface area contributed by atoms with Crippen LogP contribution < -0.4 is 10.2 Å². The van der Waals surface area contributed by atoms with Gasteiger partial charge in [0.25, 0.3) is 11.8 Å². The molecule has 0 saturated carbocycles. The Kier molecular flexibility index (Phi) is 4.46. The SMILES string of the molecule is N#Cc1ccc(/C=C2/C(=O)NC(=O)N(c3ccc(Br)cc3)C2=O)cc1. The Morgan fingerprint density at radius 3 is 2.24 bits per heavy atom. The molecule has 2 aromatic rings. The Balaban J connectivity index is 1.98. The predicted octanol–water partition coefficient (Wildman–Crippen LogP) is 2.99. The summed E-state index contributed by atoms with van der Waals surface area (Å²) in [7, 11) is 0. The van der Waals surface area contributed by atoms with E-state index >= 15 is 0 Å². The summed E-state index contributed by atoms with van der Waals surface area (Å²) >= 11 is 3.28. The van der Waals surface area contributed by atoms with Crippen LogP contribution >= 0.6 is 15.9 Å². The standard InChI is InChI=1S/C18H10BrN3O3/c19-13-5-7-14(8-6-13)22-17(24)15(16(23)21-18(22)25)9-11-1-3-12(10-20)4-2-11/h1-9H,(H,21,23,25)/b15-9-. The summed E-state index contributed by atoms with van der Waals surface area (Å²) in [4.78, 5) is 37.7. The highest BCUT2D eigenvalue weighted by Gasteiger charge is 2.36. The minimum Gasteiger partial charge on any atom is -0.273 e. The van der Waals surface area contributed by atoms with Gasteiger partial charge in [-0.2, -0.15) is 5.26 Å². The first kappa shape index (κ1) is 16.6. The van der Waals surface area contributed by atoms with Crippen LogP contribution in [0.2, 0.25) is 0 Å². The number of hydrogen-bond acceptors (Lipinski definition) is 4. The summed E-state index contributed by atoms with van der Waals surface area (Å²) in [5.41, 5.74) is 1.23. The van der Waals surface area contributed by atoms with E-state index in [0.717, 1.165) is 9.37 Å². The highest BCUT2D eigenvalue weighted by molar-refractivity contribution is 9.10. The van der Waals surface area contributed by atoms with E-state index in [9.17, 15) is 14.4 Å². The number of hydrogen-bond donors (Lipinski definition) is 1. The zero-order chi connectivity index (χ0) is 18.0. The van der Waals surface area contributed by atoms with Crippen molar-refractivity contribution >= 4 is 45.5 Å². The first-order valence-electron chi connectivity index (χ1n) is 7.17. The molecule has 1 N–H and O–H groups in total. The second-order valence-corrected chi connectivity index (χ2v) is 6.08. The number of nitrogens with zero attached hydrogens (tertiary/aromatic N) is 2. The van der Waals surface area contributed by atoms with Crippen LogP contribution in [0.25, 0.3) is 6.08 Å². The van der Waals surface area contributed by atoms with Gasteiger partial charge in [-0.05, 0) is 48.0 Å². The average Bonchev–Trinajstić information content (AvgIpc) is 2.60. The van der Waals surface area contributed by atoms with Gasteiger partial charge in [-0.3, -0.25) is 14.9 Å². The van der Waals surface area contributed by atoms with Crippen LogP contribution in [0.1, 0.15) is 11.1 Å². The lowest BCUT2D eigenvalue weighted by atomic mass is 10.1. The topological polar surface area (TPSA) is 90.3 Å². The van der Waals surface area contributed by atoms with Crippen LogP contribution in [0, 0.1) is 11.3 Å². The molecule has 6 nitrogen and oxygen atoms in total. The Morgan fingerprint density at radius 1 is 1.00 bits per heavy atom. The van der Waals surface area contributed by atoms with Crippen molar-refractivity contribution in [3.8, 4) is 6.07 Å². The number of carbonyl (C=O) groups excluding carboxylic acids is 3. The van der Waals surface area contributed by atoms with Crippen molar-refractivity contribution in [3.05, 3.63) is 69.7 Å². The van der Waals surface area contributed by atoms with Gasteiger partial charge in [-0.1, -0.05) is 28.1 Å². The molecule has 2 aromatic carbocycles. The highest BCUT2D eigenvalue weighted by atomic mass is 79.9. The summed E-state index contributed by atoms with van der Waals surface area (Å²) in [6, 6.07) is 14.2. The molecule has 0 bridgehead atoms. The molecule has 1 fully saturated rings. The molecule has 0 unspecified atom stereocenters. The van der Waals surface area contributed by atoms with E-state index in [-0.39, 0.29) is 5.57 Å². The number of halogens is 1. The molecule has 1 aliphatic rings. The van der Waals surface area contributed by atoms with Crippen LogP contribution in [-0.2, 0) is 9.59 Å². The van der Waals surface area contributed by atoms with Gasteiger partial charge in [-0.15, -0.1) is 0 Å². The maximum atomic E-state index is 12.7. The normalized spacial score (nSPS) is 15.9. The largest absolute Gasteiger partial charge is 0.335 e. The van der Waals surface area contributed by atoms with Gasteiger partial charge in [0.2, 0.25) is 0 Å². The van der Waals surface area contributed by atoms with Gasteiger partial charge in [0.15, 0.2) is 0 Å². The number of urea groups is 1. The van der Waals surface area contributed by atoms with Crippen molar-refractivity contribution < 1.29 is 14.4 Å². The maximum absolute atomic E-state index is 12.7. The molecule has 25 heavy (non-hydrogen) atoms. The molecule has 0 atom stereocenters. The second-order valence-electron chi connectivity index (χ2n) is 5.17. The zero-order valence-corrected chi connectivity index (χ0v) is 14.3. The minimum absolute atomic E-state index is 0.160. The lowest BCUT2D eigenvalue weighted by Gasteiger charge is -2.26. The van der Waals surface area contributed by atoms with Crippen LogP contribution in [0.4, 0.5) is 10.5 Å². The number of barbiturate groups is 1. The van der Waals surface area contributed by atoms with E-state index in [1.54, 1.807) is 48.5 Å². The zero-order valence-electron chi connectivity index (χ0n) is 12.7. The quantitative estimate of drug-likeness (QED) is 0.624. The van der Waals surface area contributed by atoms with Crippen LogP contribution in [0.5, 0.6) is 0 Å². The van der Waals surface area contributed by atoms with E-state index in [1.807, 2.05) is 6.07 Å². The third kappa shape index (κ3) is 3.34. The van der Waals surface area contributed by atoms with Gasteiger partial charge < -0.3 is 0 Å². The van der Waals surface area contributed by atoms with Crippen LogP contribution in [-0.4, -0.2) is 17.8 Å². The minimum atomic E-state index is -0.797. The number of nitriles is 1. The highest BCUT2D eigenvalue weighted by Crippen LogP contribution is 2.23. The maximum Gasteiger partial charge on any atom is 0.335 e. The van der Waals surface area contributed by atoms with Gasteiger partial charge in [0.05, 0.1) is 17.3 Å². The summed E-state index contributed by atoms with van der Waals surface area (Å²) in [6.07, 6.45) is 1.39. The smallest absolute Gasteiger partial charge is 0.273 e. The van der Waals surface area contributed by atoms with Gasteiger partial charge in [-0.25, -0.2) is 9.69 Å². The van der Waals surface area contributed by atoms with Crippen molar-refractivity contribution in [3.63, 3.8) is 0 Å². The fourth-order valence-electron chi connectivity index (χ4n) is 2.30. The Labute approximate surface area is 151 Å². The van der Waals surface area contributed by atoms with E-state index in [2.05, 4.69) is 21.2 Å². The summed E-state index contributed by atoms with van der Waals surface area (Å²) < 4.78 is 0.797. The fraction of sp³-hybridized carbons (Fsp3) is 0.